The van der Waals surface area contributed by atoms with Gasteiger partial charge < -0.3 is 10.6 Å². The summed E-state index contributed by atoms with van der Waals surface area (Å²) in [5.41, 5.74) is 2.81. The highest BCUT2D eigenvalue weighted by molar-refractivity contribution is 6.10. The second kappa shape index (κ2) is 6.89. The molecule has 0 atom stereocenters. The quantitative estimate of drug-likeness (QED) is 0.900. The van der Waals surface area contributed by atoms with Crippen LogP contribution in [0.5, 0.6) is 0 Å². The van der Waals surface area contributed by atoms with Gasteiger partial charge in [-0.1, -0.05) is 43.7 Å². The Morgan fingerprint density at radius 1 is 0.909 bits per heavy atom. The van der Waals surface area contributed by atoms with Crippen molar-refractivity contribution in [3.8, 4) is 0 Å². The first-order valence-electron chi connectivity index (χ1n) is 7.25. The molecule has 0 spiro atoms. The fraction of sp³-hybridized carbons (Fsp3) is 0.222. The van der Waals surface area contributed by atoms with E-state index in [9.17, 15) is 9.59 Å². The molecular weight excluding hydrogens is 276 g/mol. The van der Waals surface area contributed by atoms with Gasteiger partial charge in [0, 0.05) is 11.6 Å². The molecule has 22 heavy (non-hydrogen) atoms. The average molecular weight is 296 g/mol. The third kappa shape index (κ3) is 3.95. The number of nitrogens with one attached hydrogen (secondary N) is 2. The zero-order valence-corrected chi connectivity index (χ0v) is 13.0. The number of anilines is 2. The van der Waals surface area contributed by atoms with Crippen LogP contribution in [0.15, 0.2) is 48.5 Å². The molecule has 0 heterocycles. The molecule has 0 bridgehead atoms. The van der Waals surface area contributed by atoms with Gasteiger partial charge in [-0.05, 0) is 31.2 Å². The van der Waals surface area contributed by atoms with Crippen LogP contribution >= 0.6 is 0 Å². The van der Waals surface area contributed by atoms with E-state index >= 15 is 0 Å². The fourth-order valence-electron chi connectivity index (χ4n) is 1.90. The molecule has 114 valence electrons. The van der Waals surface area contributed by atoms with Gasteiger partial charge in [0.05, 0.1) is 11.3 Å². The summed E-state index contributed by atoms with van der Waals surface area (Å²) in [5, 5.41) is 5.62. The van der Waals surface area contributed by atoms with Crippen LogP contribution in [0.3, 0.4) is 0 Å². The second-order valence-corrected chi connectivity index (χ2v) is 5.51. The molecule has 0 saturated carbocycles. The van der Waals surface area contributed by atoms with Crippen molar-refractivity contribution in [2.24, 2.45) is 5.92 Å². The summed E-state index contributed by atoms with van der Waals surface area (Å²) in [6, 6.07) is 14.5. The van der Waals surface area contributed by atoms with Crippen molar-refractivity contribution in [1.29, 1.82) is 0 Å². The van der Waals surface area contributed by atoms with E-state index < -0.39 is 0 Å². The Morgan fingerprint density at radius 3 is 2.18 bits per heavy atom. The molecule has 0 aromatic heterocycles. The van der Waals surface area contributed by atoms with E-state index in [1.54, 1.807) is 24.3 Å². The van der Waals surface area contributed by atoms with Crippen LogP contribution in [0.1, 0.15) is 29.8 Å². The van der Waals surface area contributed by atoms with Crippen LogP contribution in [-0.2, 0) is 4.79 Å². The highest BCUT2D eigenvalue weighted by atomic mass is 16.2. The standard InChI is InChI=1S/C18H20N2O2/c1-12(2)17(21)20-16-7-5-4-6-15(16)18(22)19-14-10-8-13(3)9-11-14/h4-12H,1-3H3,(H,19,22)(H,20,21). The molecule has 0 aliphatic heterocycles. The van der Waals surface area contributed by atoms with Gasteiger partial charge in [0.2, 0.25) is 5.91 Å². The fourth-order valence-corrected chi connectivity index (χ4v) is 1.90. The van der Waals surface area contributed by atoms with Crippen LogP contribution < -0.4 is 10.6 Å². The predicted molar refractivity (Wildman–Crippen MR) is 89.0 cm³/mol. The number of amides is 2. The maximum Gasteiger partial charge on any atom is 0.257 e. The highest BCUT2D eigenvalue weighted by Gasteiger charge is 2.14. The summed E-state index contributed by atoms with van der Waals surface area (Å²) < 4.78 is 0. The van der Waals surface area contributed by atoms with E-state index in [1.807, 2.05) is 45.0 Å². The molecule has 0 aliphatic carbocycles. The lowest BCUT2D eigenvalue weighted by atomic mass is 10.1. The van der Waals surface area contributed by atoms with Gasteiger partial charge in [-0.25, -0.2) is 0 Å². The normalized spacial score (nSPS) is 10.4. The number of carbonyl (C=O) groups is 2. The van der Waals surface area contributed by atoms with E-state index in [2.05, 4.69) is 10.6 Å². The van der Waals surface area contributed by atoms with Gasteiger partial charge >= 0.3 is 0 Å². The predicted octanol–water partition coefficient (Wildman–Crippen LogP) is 3.84. The lowest BCUT2D eigenvalue weighted by Gasteiger charge is -2.12. The number of aryl methyl sites for hydroxylation is 1. The maximum atomic E-state index is 12.4. The van der Waals surface area contributed by atoms with E-state index in [0.29, 0.717) is 11.3 Å². The minimum atomic E-state index is -0.247. The van der Waals surface area contributed by atoms with Crippen LogP contribution in [-0.4, -0.2) is 11.8 Å². The first-order valence-corrected chi connectivity index (χ1v) is 7.25. The average Bonchev–Trinajstić information content (AvgIpc) is 2.50. The first kappa shape index (κ1) is 15.8. The zero-order valence-electron chi connectivity index (χ0n) is 13.0. The number of carbonyl (C=O) groups excluding carboxylic acids is 2. The lowest BCUT2D eigenvalue weighted by Crippen LogP contribution is -2.21. The van der Waals surface area contributed by atoms with Gasteiger partial charge in [-0.2, -0.15) is 0 Å². The number of rotatable bonds is 4. The Labute approximate surface area is 130 Å². The largest absolute Gasteiger partial charge is 0.325 e. The van der Waals surface area contributed by atoms with Crippen molar-refractivity contribution in [1.82, 2.24) is 0 Å². The monoisotopic (exact) mass is 296 g/mol. The summed E-state index contributed by atoms with van der Waals surface area (Å²) in [4.78, 5) is 24.2. The van der Waals surface area contributed by atoms with Gasteiger partial charge in [0.25, 0.3) is 5.91 Å². The molecule has 4 heteroatoms. The second-order valence-electron chi connectivity index (χ2n) is 5.51. The molecule has 0 radical (unpaired) electrons. The Hall–Kier alpha value is -2.62. The smallest absolute Gasteiger partial charge is 0.257 e. The first-order chi connectivity index (χ1) is 10.5. The maximum absolute atomic E-state index is 12.4. The summed E-state index contributed by atoms with van der Waals surface area (Å²) in [7, 11) is 0. The molecule has 2 rings (SSSR count). The highest BCUT2D eigenvalue weighted by Crippen LogP contribution is 2.18. The molecule has 0 saturated heterocycles. The minimum absolute atomic E-state index is 0.115. The summed E-state index contributed by atoms with van der Waals surface area (Å²) in [6.45, 7) is 5.61. The SMILES string of the molecule is Cc1ccc(NC(=O)c2ccccc2NC(=O)C(C)C)cc1. The Kier molecular flexibility index (Phi) is 4.94. The molecule has 0 fully saturated rings. The molecule has 0 aliphatic rings. The van der Waals surface area contributed by atoms with E-state index in [-0.39, 0.29) is 17.7 Å². The van der Waals surface area contributed by atoms with Gasteiger partial charge in [-0.15, -0.1) is 0 Å². The number of hydrogen-bond donors (Lipinski definition) is 2. The zero-order chi connectivity index (χ0) is 16.1. The summed E-state index contributed by atoms with van der Waals surface area (Å²) >= 11 is 0. The molecule has 0 unspecified atom stereocenters. The number of benzene rings is 2. The molecule has 2 aromatic rings. The van der Waals surface area contributed by atoms with E-state index in [0.717, 1.165) is 11.3 Å². The van der Waals surface area contributed by atoms with Crippen molar-refractivity contribution in [2.75, 3.05) is 10.6 Å². The molecular formula is C18H20N2O2. The van der Waals surface area contributed by atoms with E-state index in [1.165, 1.54) is 0 Å². The van der Waals surface area contributed by atoms with Gasteiger partial charge in [0.1, 0.15) is 0 Å². The Balaban J connectivity index is 2.19. The van der Waals surface area contributed by atoms with Crippen molar-refractivity contribution in [3.05, 3.63) is 59.7 Å². The van der Waals surface area contributed by atoms with Crippen molar-refractivity contribution in [3.63, 3.8) is 0 Å². The van der Waals surface area contributed by atoms with Crippen molar-refractivity contribution < 1.29 is 9.59 Å². The lowest BCUT2D eigenvalue weighted by molar-refractivity contribution is -0.118. The van der Waals surface area contributed by atoms with Gasteiger partial charge in [0.15, 0.2) is 0 Å². The molecule has 2 aromatic carbocycles. The topological polar surface area (TPSA) is 58.2 Å². The number of para-hydroxylation sites is 1. The van der Waals surface area contributed by atoms with Crippen molar-refractivity contribution in [2.45, 2.75) is 20.8 Å². The molecule has 4 nitrogen and oxygen atoms in total. The Bertz CT molecular complexity index is 676. The third-order valence-electron chi connectivity index (χ3n) is 3.26. The number of hydrogen-bond acceptors (Lipinski definition) is 2. The molecule has 2 N–H and O–H groups in total. The third-order valence-corrected chi connectivity index (χ3v) is 3.26. The summed E-state index contributed by atoms with van der Waals surface area (Å²) in [6.07, 6.45) is 0. The summed E-state index contributed by atoms with van der Waals surface area (Å²) in [5.74, 6) is -0.507. The van der Waals surface area contributed by atoms with Crippen LogP contribution in [0.25, 0.3) is 0 Å². The van der Waals surface area contributed by atoms with Crippen molar-refractivity contribution >= 4 is 23.2 Å². The minimum Gasteiger partial charge on any atom is -0.325 e. The molecule has 2 amide bonds. The van der Waals surface area contributed by atoms with Gasteiger partial charge in [-0.3, -0.25) is 9.59 Å². The Morgan fingerprint density at radius 2 is 1.55 bits per heavy atom. The van der Waals surface area contributed by atoms with Crippen LogP contribution in [0.2, 0.25) is 0 Å². The van der Waals surface area contributed by atoms with Crippen LogP contribution in [0.4, 0.5) is 11.4 Å². The van der Waals surface area contributed by atoms with E-state index in [4.69, 9.17) is 0 Å². The van der Waals surface area contributed by atoms with Crippen LogP contribution in [0, 0.1) is 12.8 Å².